The molecule has 1 aromatic heterocycles. The number of carbonyl (C=O) groups is 1. The Balaban J connectivity index is 1.13. The minimum absolute atomic E-state index is 0.166. The molecule has 1 spiro atoms. The lowest BCUT2D eigenvalue weighted by Crippen LogP contribution is -2.56. The summed E-state index contributed by atoms with van der Waals surface area (Å²) in [6, 6.07) is 21.0. The average molecular weight is 489 g/mol. The third kappa shape index (κ3) is 3.91. The molecule has 0 bridgehead atoms. The van der Waals surface area contributed by atoms with Crippen LogP contribution >= 0.6 is 0 Å². The van der Waals surface area contributed by atoms with Crippen LogP contribution in [0, 0.1) is 0 Å². The minimum atomic E-state index is -3.78. The summed E-state index contributed by atoms with van der Waals surface area (Å²) in [5.41, 5.74) is 3.60. The van der Waals surface area contributed by atoms with Gasteiger partial charge in [-0.15, -0.1) is 0 Å². The highest BCUT2D eigenvalue weighted by atomic mass is 32.2. The molecule has 2 aliphatic heterocycles. The maximum atomic E-state index is 12.9. The summed E-state index contributed by atoms with van der Waals surface area (Å²) in [5, 5.41) is 6.82. The van der Waals surface area contributed by atoms with Gasteiger partial charge in [-0.05, 0) is 53.8 Å². The first-order chi connectivity index (χ1) is 17.0. The van der Waals surface area contributed by atoms with Crippen molar-refractivity contribution in [3.8, 4) is 0 Å². The lowest BCUT2D eigenvalue weighted by Gasteiger charge is -2.44. The number of benzene rings is 3. The van der Waals surface area contributed by atoms with Gasteiger partial charge in [-0.1, -0.05) is 48.5 Å². The molecule has 180 valence electrons. The van der Waals surface area contributed by atoms with E-state index >= 15 is 0 Å². The number of nitrogens with zero attached hydrogens (tertiary/aromatic N) is 1. The molecule has 8 heteroatoms. The van der Waals surface area contributed by atoms with E-state index in [0.717, 1.165) is 42.1 Å². The van der Waals surface area contributed by atoms with Crippen LogP contribution < -0.4 is 10.0 Å². The number of rotatable bonds is 4. The Kier molecular flexibility index (Phi) is 5.40. The third-order valence-corrected chi connectivity index (χ3v) is 8.94. The smallest absolute Gasteiger partial charge is 0.241 e. The first kappa shape index (κ1) is 22.3. The maximum Gasteiger partial charge on any atom is 0.241 e. The van der Waals surface area contributed by atoms with E-state index in [4.69, 9.17) is 0 Å². The van der Waals surface area contributed by atoms with Gasteiger partial charge in [0.05, 0.1) is 17.0 Å². The summed E-state index contributed by atoms with van der Waals surface area (Å²) in [6.07, 6.45) is 2.56. The van der Waals surface area contributed by atoms with E-state index < -0.39 is 10.0 Å². The van der Waals surface area contributed by atoms with E-state index in [2.05, 4.69) is 33.2 Å². The highest BCUT2D eigenvalue weighted by Gasteiger charge is 2.42. The van der Waals surface area contributed by atoms with Crippen LogP contribution in [0.5, 0.6) is 0 Å². The number of aromatic amines is 1. The Hall–Kier alpha value is -3.20. The van der Waals surface area contributed by atoms with Gasteiger partial charge in [-0.2, -0.15) is 0 Å². The van der Waals surface area contributed by atoms with E-state index in [9.17, 15) is 13.2 Å². The highest BCUT2D eigenvalue weighted by Crippen LogP contribution is 2.40. The van der Waals surface area contributed by atoms with Crippen LogP contribution in [0.1, 0.15) is 24.1 Å². The molecule has 7 nitrogen and oxygen atoms in total. The summed E-state index contributed by atoms with van der Waals surface area (Å²) in [4.78, 5) is 18.5. The Labute approximate surface area is 204 Å². The van der Waals surface area contributed by atoms with Crippen molar-refractivity contribution < 1.29 is 13.2 Å². The molecule has 0 radical (unpaired) electrons. The minimum Gasteiger partial charge on any atom is -0.357 e. The quantitative estimate of drug-likeness (QED) is 0.411. The van der Waals surface area contributed by atoms with Crippen LogP contribution in [0.4, 0.5) is 0 Å². The molecule has 0 aliphatic carbocycles. The normalized spacial score (nSPS) is 17.7. The molecular weight excluding hydrogens is 460 g/mol. The van der Waals surface area contributed by atoms with Gasteiger partial charge in [0.15, 0.2) is 0 Å². The maximum absolute atomic E-state index is 12.9. The largest absolute Gasteiger partial charge is 0.357 e. The molecule has 1 amide bonds. The number of amides is 1. The van der Waals surface area contributed by atoms with Crippen LogP contribution in [-0.4, -0.2) is 50.4 Å². The molecule has 35 heavy (non-hydrogen) atoms. The number of fused-ring (bicyclic) bond motifs is 5. The molecule has 1 saturated heterocycles. The molecule has 4 aromatic rings. The summed E-state index contributed by atoms with van der Waals surface area (Å²) < 4.78 is 28.2. The molecule has 0 saturated carbocycles. The summed E-state index contributed by atoms with van der Waals surface area (Å²) >= 11 is 0. The van der Waals surface area contributed by atoms with Gasteiger partial charge in [-0.25, -0.2) is 13.1 Å². The van der Waals surface area contributed by atoms with Crippen LogP contribution in [0.15, 0.2) is 71.6 Å². The van der Waals surface area contributed by atoms with Crippen LogP contribution in [0.2, 0.25) is 0 Å². The highest BCUT2D eigenvalue weighted by molar-refractivity contribution is 7.89. The van der Waals surface area contributed by atoms with E-state index in [0.29, 0.717) is 13.1 Å². The third-order valence-electron chi connectivity index (χ3n) is 7.54. The second-order valence-corrected chi connectivity index (χ2v) is 11.3. The van der Waals surface area contributed by atoms with Gasteiger partial charge >= 0.3 is 0 Å². The van der Waals surface area contributed by atoms with Gasteiger partial charge in [0.2, 0.25) is 15.9 Å². The zero-order valence-corrected chi connectivity index (χ0v) is 20.2. The van der Waals surface area contributed by atoms with Crippen molar-refractivity contribution in [1.29, 1.82) is 0 Å². The fourth-order valence-corrected chi connectivity index (χ4v) is 6.64. The zero-order chi connectivity index (χ0) is 24.0. The molecule has 3 N–H and O–H groups in total. The van der Waals surface area contributed by atoms with Crippen molar-refractivity contribution >= 4 is 37.6 Å². The number of carbonyl (C=O) groups excluding carboxylic acids is 1. The molecule has 3 aromatic carbocycles. The Bertz CT molecular complexity index is 1530. The number of piperidine rings is 1. The predicted octanol–water partition coefficient (Wildman–Crippen LogP) is 3.26. The molecule has 3 heterocycles. The summed E-state index contributed by atoms with van der Waals surface area (Å²) in [5.74, 6) is -0.197. The van der Waals surface area contributed by atoms with E-state index in [1.165, 1.54) is 16.6 Å². The molecule has 0 atom stereocenters. The molecule has 6 rings (SSSR count). The standard InChI is InChI=1S/C27H28N4O3S/c32-25(18-29-35(33,34)21-10-9-19-5-1-2-6-20(19)17-21)31-15-12-27(13-16-31)26-23(11-14-28-27)22-7-3-4-8-24(22)30-26/h1-10,17,28-30H,11-16,18H2. The SMILES string of the molecule is O=C(CNS(=O)(=O)c1ccc2ccccc2c1)N1CCC2(CC1)NCCc1c2[nH]c2ccccc12. The Morgan fingerprint density at radius 3 is 2.54 bits per heavy atom. The fourth-order valence-electron chi connectivity index (χ4n) is 5.63. The van der Waals surface area contributed by atoms with Crippen LogP contribution in [0.25, 0.3) is 21.7 Å². The van der Waals surface area contributed by atoms with E-state index in [1.807, 2.05) is 30.3 Å². The van der Waals surface area contributed by atoms with E-state index in [-0.39, 0.29) is 22.9 Å². The monoisotopic (exact) mass is 488 g/mol. The summed E-state index contributed by atoms with van der Waals surface area (Å²) in [7, 11) is -3.78. The molecule has 2 aliphatic rings. The van der Waals surface area contributed by atoms with E-state index in [1.54, 1.807) is 23.1 Å². The molecular formula is C27H28N4O3S. The number of H-pyrrole nitrogens is 1. The van der Waals surface area contributed by atoms with Gasteiger partial charge in [-0.3, -0.25) is 4.79 Å². The topological polar surface area (TPSA) is 94.3 Å². The lowest BCUT2D eigenvalue weighted by molar-refractivity contribution is -0.131. The summed E-state index contributed by atoms with van der Waals surface area (Å²) in [6.45, 7) is 1.83. The number of sulfonamides is 1. The number of hydrogen-bond donors (Lipinski definition) is 3. The predicted molar refractivity (Wildman–Crippen MR) is 137 cm³/mol. The number of likely N-dealkylation sites (tertiary alicyclic amines) is 1. The Morgan fingerprint density at radius 2 is 1.71 bits per heavy atom. The average Bonchev–Trinajstić information content (AvgIpc) is 3.28. The van der Waals surface area contributed by atoms with Crippen LogP contribution in [0.3, 0.4) is 0 Å². The number of hydrogen-bond acceptors (Lipinski definition) is 4. The first-order valence-electron chi connectivity index (χ1n) is 12.1. The lowest BCUT2D eigenvalue weighted by atomic mass is 9.79. The van der Waals surface area contributed by atoms with Crippen molar-refractivity contribution in [2.45, 2.75) is 29.7 Å². The van der Waals surface area contributed by atoms with Gasteiger partial charge in [0, 0.05) is 36.2 Å². The number of para-hydroxylation sites is 1. The van der Waals surface area contributed by atoms with Gasteiger partial charge in [0.25, 0.3) is 0 Å². The Morgan fingerprint density at radius 1 is 0.971 bits per heavy atom. The zero-order valence-electron chi connectivity index (χ0n) is 19.4. The second-order valence-electron chi connectivity index (χ2n) is 9.50. The van der Waals surface area contributed by atoms with Crippen molar-refractivity contribution in [2.24, 2.45) is 0 Å². The molecule has 0 unspecified atom stereocenters. The van der Waals surface area contributed by atoms with Crippen molar-refractivity contribution in [1.82, 2.24) is 19.9 Å². The number of nitrogens with one attached hydrogen (secondary N) is 3. The van der Waals surface area contributed by atoms with Crippen LogP contribution in [-0.2, 0) is 26.8 Å². The van der Waals surface area contributed by atoms with Gasteiger partial charge in [0.1, 0.15) is 0 Å². The second kappa shape index (κ2) is 8.48. The van der Waals surface area contributed by atoms with Gasteiger partial charge < -0.3 is 15.2 Å². The first-order valence-corrected chi connectivity index (χ1v) is 13.5. The van der Waals surface area contributed by atoms with Crippen molar-refractivity contribution in [3.05, 3.63) is 78.0 Å². The van der Waals surface area contributed by atoms with Crippen molar-refractivity contribution in [3.63, 3.8) is 0 Å². The molecule has 1 fully saturated rings. The fraction of sp³-hybridized carbons (Fsp3) is 0.296. The van der Waals surface area contributed by atoms with Crippen molar-refractivity contribution in [2.75, 3.05) is 26.2 Å². The number of aromatic nitrogens is 1.